The third-order valence-corrected chi connectivity index (χ3v) is 4.28. The van der Waals surface area contributed by atoms with Crippen LogP contribution in [-0.2, 0) is 12.7 Å². The van der Waals surface area contributed by atoms with E-state index in [-0.39, 0.29) is 17.8 Å². The minimum Gasteiger partial charge on any atom is -0.379 e. The molecule has 0 bridgehead atoms. The summed E-state index contributed by atoms with van der Waals surface area (Å²) in [6.45, 7) is 0.203. The van der Waals surface area contributed by atoms with Crippen molar-refractivity contribution in [2.75, 3.05) is 5.32 Å². The fourth-order valence-electron chi connectivity index (χ4n) is 3.03. The Morgan fingerprint density at radius 1 is 1.25 bits per heavy atom. The zero-order valence-corrected chi connectivity index (χ0v) is 13.0. The number of nitriles is 1. The maximum Gasteiger partial charge on any atom is 0.418 e. The molecule has 0 aliphatic heterocycles. The van der Waals surface area contributed by atoms with E-state index in [0.29, 0.717) is 11.7 Å². The lowest BCUT2D eigenvalue weighted by molar-refractivity contribution is -0.137. The number of rotatable bonds is 4. The van der Waals surface area contributed by atoms with Crippen molar-refractivity contribution in [2.45, 2.75) is 44.4 Å². The Hall–Kier alpha value is -2.49. The Balaban J connectivity index is 1.73. The number of anilines is 1. The van der Waals surface area contributed by atoms with Crippen LogP contribution in [0.15, 0.2) is 30.5 Å². The maximum absolute atomic E-state index is 13.1. The molecule has 1 aromatic heterocycles. The van der Waals surface area contributed by atoms with Crippen molar-refractivity contribution in [1.82, 2.24) is 9.78 Å². The first-order valence-corrected chi connectivity index (χ1v) is 7.86. The minimum atomic E-state index is -4.52. The molecule has 0 amide bonds. The normalized spacial score (nSPS) is 15.4. The number of nitrogens with one attached hydrogen (secondary N) is 1. The summed E-state index contributed by atoms with van der Waals surface area (Å²) in [4.78, 5) is 0. The van der Waals surface area contributed by atoms with Gasteiger partial charge in [0.1, 0.15) is 0 Å². The van der Waals surface area contributed by atoms with E-state index in [4.69, 9.17) is 5.26 Å². The summed E-state index contributed by atoms with van der Waals surface area (Å²) in [5, 5.41) is 16.0. The van der Waals surface area contributed by atoms with Gasteiger partial charge in [-0.2, -0.15) is 23.5 Å². The van der Waals surface area contributed by atoms with Crippen LogP contribution >= 0.6 is 0 Å². The van der Waals surface area contributed by atoms with E-state index in [0.717, 1.165) is 18.9 Å². The SMILES string of the molecule is N#Cc1ccc(NCc2ccn(C3CCCC3)n2)c(C(F)(F)F)c1. The van der Waals surface area contributed by atoms with E-state index in [1.54, 1.807) is 6.07 Å². The molecule has 1 N–H and O–H groups in total. The van der Waals surface area contributed by atoms with Crippen molar-refractivity contribution in [1.29, 1.82) is 5.26 Å². The van der Waals surface area contributed by atoms with Crippen LogP contribution in [0.4, 0.5) is 18.9 Å². The first-order valence-electron chi connectivity index (χ1n) is 7.86. The maximum atomic E-state index is 13.1. The quantitative estimate of drug-likeness (QED) is 0.895. The standard InChI is InChI=1S/C17H17F3N4/c18-17(19,20)15-9-12(10-21)5-6-16(15)22-11-13-7-8-24(23-13)14-3-1-2-4-14/h5-9,14,22H,1-4,11H2. The predicted molar refractivity (Wildman–Crippen MR) is 83.2 cm³/mol. The minimum absolute atomic E-state index is 0.0154. The van der Waals surface area contributed by atoms with Gasteiger partial charge in [0.05, 0.1) is 35.5 Å². The summed E-state index contributed by atoms with van der Waals surface area (Å²) in [5.41, 5.74) is -0.202. The molecule has 126 valence electrons. The van der Waals surface area contributed by atoms with Gasteiger partial charge >= 0.3 is 6.18 Å². The second-order valence-electron chi connectivity index (χ2n) is 5.95. The lowest BCUT2D eigenvalue weighted by Crippen LogP contribution is -2.12. The van der Waals surface area contributed by atoms with E-state index in [1.807, 2.05) is 16.9 Å². The molecule has 1 aromatic carbocycles. The van der Waals surface area contributed by atoms with Gasteiger partial charge in [0.2, 0.25) is 0 Å². The monoisotopic (exact) mass is 334 g/mol. The molecule has 2 aromatic rings. The summed E-state index contributed by atoms with van der Waals surface area (Å²) >= 11 is 0. The zero-order valence-electron chi connectivity index (χ0n) is 13.0. The molecule has 0 atom stereocenters. The molecular formula is C17H17F3N4. The van der Waals surface area contributed by atoms with Crippen molar-refractivity contribution in [3.8, 4) is 6.07 Å². The summed E-state index contributed by atoms with van der Waals surface area (Å²) in [6, 6.07) is 7.47. The van der Waals surface area contributed by atoms with Crippen LogP contribution in [-0.4, -0.2) is 9.78 Å². The highest BCUT2D eigenvalue weighted by atomic mass is 19.4. The molecule has 0 unspecified atom stereocenters. The number of halogens is 3. The summed E-state index contributed by atoms with van der Waals surface area (Å²) in [5.74, 6) is 0. The summed E-state index contributed by atoms with van der Waals surface area (Å²) in [7, 11) is 0. The van der Waals surface area contributed by atoms with Gasteiger partial charge in [-0.25, -0.2) is 0 Å². The number of hydrogen-bond donors (Lipinski definition) is 1. The Bertz CT molecular complexity index is 752. The molecular weight excluding hydrogens is 317 g/mol. The van der Waals surface area contributed by atoms with E-state index in [2.05, 4.69) is 10.4 Å². The van der Waals surface area contributed by atoms with Gasteiger partial charge in [-0.1, -0.05) is 12.8 Å². The second-order valence-corrected chi connectivity index (χ2v) is 5.95. The van der Waals surface area contributed by atoms with Gasteiger partial charge < -0.3 is 5.32 Å². The van der Waals surface area contributed by atoms with Gasteiger partial charge in [-0.3, -0.25) is 4.68 Å². The highest BCUT2D eigenvalue weighted by Gasteiger charge is 2.33. The van der Waals surface area contributed by atoms with E-state index >= 15 is 0 Å². The number of nitrogens with zero attached hydrogens (tertiary/aromatic N) is 3. The van der Waals surface area contributed by atoms with Gasteiger partial charge in [0.25, 0.3) is 0 Å². The Morgan fingerprint density at radius 3 is 2.67 bits per heavy atom. The Labute approximate surface area is 137 Å². The largest absolute Gasteiger partial charge is 0.418 e. The van der Waals surface area contributed by atoms with E-state index in [9.17, 15) is 13.2 Å². The van der Waals surface area contributed by atoms with Crippen LogP contribution in [0.3, 0.4) is 0 Å². The molecule has 1 saturated carbocycles. The molecule has 1 fully saturated rings. The molecule has 24 heavy (non-hydrogen) atoms. The molecule has 0 spiro atoms. The average Bonchev–Trinajstić information content (AvgIpc) is 3.23. The van der Waals surface area contributed by atoms with Crippen LogP contribution in [0.5, 0.6) is 0 Å². The zero-order chi connectivity index (χ0) is 17.2. The fraction of sp³-hybridized carbons (Fsp3) is 0.412. The highest BCUT2D eigenvalue weighted by Crippen LogP contribution is 2.35. The Morgan fingerprint density at radius 2 is 2.00 bits per heavy atom. The molecule has 4 nitrogen and oxygen atoms in total. The van der Waals surface area contributed by atoms with Crippen molar-refractivity contribution >= 4 is 5.69 Å². The third kappa shape index (κ3) is 3.53. The van der Waals surface area contributed by atoms with Crippen molar-refractivity contribution < 1.29 is 13.2 Å². The van der Waals surface area contributed by atoms with Crippen molar-refractivity contribution in [2.24, 2.45) is 0 Å². The number of benzene rings is 1. The van der Waals surface area contributed by atoms with Crippen LogP contribution in [0.1, 0.15) is 48.5 Å². The van der Waals surface area contributed by atoms with Gasteiger partial charge in [0.15, 0.2) is 0 Å². The molecule has 3 rings (SSSR count). The van der Waals surface area contributed by atoms with Gasteiger partial charge in [0, 0.05) is 11.9 Å². The number of aromatic nitrogens is 2. The molecule has 0 radical (unpaired) electrons. The van der Waals surface area contributed by atoms with Crippen LogP contribution in [0.2, 0.25) is 0 Å². The van der Waals surface area contributed by atoms with Crippen LogP contribution in [0.25, 0.3) is 0 Å². The van der Waals surface area contributed by atoms with Crippen LogP contribution < -0.4 is 5.32 Å². The van der Waals surface area contributed by atoms with Crippen LogP contribution in [0, 0.1) is 11.3 Å². The van der Waals surface area contributed by atoms with Crippen molar-refractivity contribution in [3.05, 3.63) is 47.3 Å². The second kappa shape index (κ2) is 6.56. The Kier molecular flexibility index (Phi) is 4.47. The predicted octanol–water partition coefficient (Wildman–Crippen LogP) is 4.50. The smallest absolute Gasteiger partial charge is 0.379 e. The lowest BCUT2D eigenvalue weighted by Gasteiger charge is -2.14. The summed E-state index contributed by atoms with van der Waals surface area (Å²) in [6.07, 6.45) is 1.95. The van der Waals surface area contributed by atoms with Gasteiger partial charge in [-0.05, 0) is 37.1 Å². The van der Waals surface area contributed by atoms with E-state index < -0.39 is 11.7 Å². The average molecular weight is 334 g/mol. The van der Waals surface area contributed by atoms with Gasteiger partial charge in [-0.15, -0.1) is 0 Å². The molecule has 0 saturated heterocycles. The molecule has 1 heterocycles. The van der Waals surface area contributed by atoms with Crippen molar-refractivity contribution in [3.63, 3.8) is 0 Å². The first-order chi connectivity index (χ1) is 11.5. The molecule has 1 aliphatic rings. The molecule has 7 heteroatoms. The number of alkyl halides is 3. The van der Waals surface area contributed by atoms with E-state index in [1.165, 1.54) is 25.0 Å². The number of hydrogen-bond acceptors (Lipinski definition) is 3. The fourth-order valence-corrected chi connectivity index (χ4v) is 3.03. The topological polar surface area (TPSA) is 53.6 Å². The molecule has 1 aliphatic carbocycles. The highest BCUT2D eigenvalue weighted by molar-refractivity contribution is 5.56. The summed E-state index contributed by atoms with van der Waals surface area (Å²) < 4.78 is 41.3. The lowest BCUT2D eigenvalue weighted by atomic mass is 10.1. The third-order valence-electron chi connectivity index (χ3n) is 4.28. The first kappa shape index (κ1) is 16.4.